The second-order valence-electron chi connectivity index (χ2n) is 3.88. The van der Waals surface area contributed by atoms with E-state index in [1.54, 1.807) is 11.3 Å². The first kappa shape index (κ1) is 14.4. The van der Waals surface area contributed by atoms with Gasteiger partial charge in [0.05, 0.1) is 7.57 Å². The maximum absolute atomic E-state index is 12.3. The molecular weight excluding hydrogens is 352 g/mol. The predicted molar refractivity (Wildman–Crippen MR) is 77.4 cm³/mol. The minimum Gasteiger partial charge on any atom is -0.294 e. The van der Waals surface area contributed by atoms with Gasteiger partial charge in [-0.25, -0.2) is 0 Å². The average Bonchev–Trinajstić information content (AvgIpc) is 2.56. The summed E-state index contributed by atoms with van der Waals surface area (Å²) < 4.78 is 1.95. The van der Waals surface area contributed by atoms with Crippen LogP contribution in [0.1, 0.15) is 49.9 Å². The van der Waals surface area contributed by atoms with E-state index in [0.29, 0.717) is 0 Å². The SMILES string of the molecule is CCCC(CCC)C(=O)c1cc(Br)sc1Br. The van der Waals surface area contributed by atoms with Crippen molar-refractivity contribution in [2.75, 3.05) is 0 Å². The first-order valence-corrected chi connectivity index (χ1v) is 7.99. The average molecular weight is 368 g/mol. The zero-order chi connectivity index (χ0) is 12.1. The molecule has 0 saturated carbocycles. The van der Waals surface area contributed by atoms with Crippen molar-refractivity contribution in [1.29, 1.82) is 0 Å². The number of hydrogen-bond acceptors (Lipinski definition) is 2. The van der Waals surface area contributed by atoms with Crippen LogP contribution in [-0.4, -0.2) is 5.78 Å². The Labute approximate surface area is 118 Å². The quantitative estimate of drug-likeness (QED) is 0.591. The highest BCUT2D eigenvalue weighted by Crippen LogP contribution is 2.34. The van der Waals surface area contributed by atoms with Crippen molar-refractivity contribution in [1.82, 2.24) is 0 Å². The summed E-state index contributed by atoms with van der Waals surface area (Å²) in [4.78, 5) is 12.3. The molecule has 16 heavy (non-hydrogen) atoms. The lowest BCUT2D eigenvalue weighted by Gasteiger charge is -2.13. The molecule has 1 aromatic heterocycles. The van der Waals surface area contributed by atoms with Gasteiger partial charge in [0.1, 0.15) is 0 Å². The second kappa shape index (κ2) is 6.92. The Bertz CT molecular complexity index is 354. The lowest BCUT2D eigenvalue weighted by atomic mass is 9.91. The molecule has 0 spiro atoms. The molecule has 0 bridgehead atoms. The number of rotatable bonds is 6. The van der Waals surface area contributed by atoms with Crippen molar-refractivity contribution >= 4 is 49.0 Å². The first-order valence-electron chi connectivity index (χ1n) is 5.59. The van der Waals surface area contributed by atoms with Gasteiger partial charge in [-0.3, -0.25) is 4.79 Å². The number of Topliss-reactive ketones (excluding diaryl/α,β-unsaturated/α-hetero) is 1. The molecule has 0 aliphatic rings. The second-order valence-corrected chi connectivity index (χ2v) is 7.63. The Hall–Kier alpha value is 0.330. The molecule has 0 radical (unpaired) electrons. The lowest BCUT2D eigenvalue weighted by Crippen LogP contribution is -2.14. The van der Waals surface area contributed by atoms with Crippen LogP contribution < -0.4 is 0 Å². The Kier molecular flexibility index (Phi) is 6.22. The van der Waals surface area contributed by atoms with Crippen LogP contribution in [0.5, 0.6) is 0 Å². The van der Waals surface area contributed by atoms with Gasteiger partial charge in [0.25, 0.3) is 0 Å². The molecule has 0 aliphatic carbocycles. The summed E-state index contributed by atoms with van der Waals surface area (Å²) in [5.41, 5.74) is 0.837. The largest absolute Gasteiger partial charge is 0.294 e. The molecule has 1 nitrogen and oxygen atoms in total. The van der Waals surface area contributed by atoms with E-state index in [1.807, 2.05) is 6.07 Å². The summed E-state index contributed by atoms with van der Waals surface area (Å²) in [5, 5.41) is 0. The van der Waals surface area contributed by atoms with Gasteiger partial charge < -0.3 is 0 Å². The molecule has 0 aromatic carbocycles. The normalized spacial score (nSPS) is 11.1. The molecule has 1 rings (SSSR count). The Balaban J connectivity index is 2.85. The zero-order valence-corrected chi connectivity index (χ0v) is 13.5. The smallest absolute Gasteiger partial charge is 0.167 e. The van der Waals surface area contributed by atoms with Crippen molar-refractivity contribution in [3.63, 3.8) is 0 Å². The van der Waals surface area contributed by atoms with Crippen LogP contribution in [0.4, 0.5) is 0 Å². The summed E-state index contributed by atoms with van der Waals surface area (Å²) >= 11 is 8.43. The van der Waals surface area contributed by atoms with Crippen molar-refractivity contribution < 1.29 is 4.79 Å². The van der Waals surface area contributed by atoms with Gasteiger partial charge in [0.15, 0.2) is 5.78 Å². The molecule has 90 valence electrons. The molecule has 0 aliphatic heterocycles. The summed E-state index contributed by atoms with van der Waals surface area (Å²) in [6.45, 7) is 4.27. The lowest BCUT2D eigenvalue weighted by molar-refractivity contribution is 0.0904. The molecule has 0 amide bonds. The van der Waals surface area contributed by atoms with Crippen LogP contribution >= 0.6 is 43.2 Å². The maximum atomic E-state index is 12.3. The summed E-state index contributed by atoms with van der Waals surface area (Å²) in [7, 11) is 0. The third-order valence-electron chi connectivity index (χ3n) is 2.57. The highest BCUT2D eigenvalue weighted by atomic mass is 79.9. The van der Waals surface area contributed by atoms with Crippen molar-refractivity contribution in [2.45, 2.75) is 39.5 Å². The molecule has 0 N–H and O–H groups in total. The highest BCUT2D eigenvalue weighted by Gasteiger charge is 2.22. The third kappa shape index (κ3) is 3.67. The van der Waals surface area contributed by atoms with E-state index < -0.39 is 0 Å². The molecule has 0 unspecified atom stereocenters. The van der Waals surface area contributed by atoms with Crippen molar-refractivity contribution in [2.24, 2.45) is 5.92 Å². The van der Waals surface area contributed by atoms with Gasteiger partial charge in [-0.15, -0.1) is 11.3 Å². The summed E-state index contributed by atoms with van der Waals surface area (Å²) in [6.07, 6.45) is 4.12. The Morgan fingerprint density at radius 1 is 1.31 bits per heavy atom. The van der Waals surface area contributed by atoms with Crippen LogP contribution in [0.2, 0.25) is 0 Å². The number of thiophene rings is 1. The summed E-state index contributed by atoms with van der Waals surface area (Å²) in [5.74, 6) is 0.477. The fraction of sp³-hybridized carbons (Fsp3) is 0.583. The fourth-order valence-corrected chi connectivity index (χ4v) is 4.65. The van der Waals surface area contributed by atoms with Crippen LogP contribution in [0.15, 0.2) is 13.6 Å². The number of halogens is 2. The topological polar surface area (TPSA) is 17.1 Å². The summed E-state index contributed by atoms with van der Waals surface area (Å²) in [6, 6.07) is 1.93. The standard InChI is InChI=1S/C12H16Br2OS/c1-3-5-8(6-4-2)11(15)9-7-10(13)16-12(9)14/h7-8H,3-6H2,1-2H3. The third-order valence-corrected chi connectivity index (χ3v) is 4.91. The molecule has 1 heterocycles. The maximum Gasteiger partial charge on any atom is 0.167 e. The molecule has 0 atom stereocenters. The molecule has 0 saturated heterocycles. The van der Waals surface area contributed by atoms with Crippen LogP contribution in [0, 0.1) is 5.92 Å². The van der Waals surface area contributed by atoms with Gasteiger partial charge in [-0.05, 0) is 50.8 Å². The van der Waals surface area contributed by atoms with Crippen molar-refractivity contribution in [3.05, 3.63) is 19.2 Å². The number of carbonyl (C=O) groups is 1. The van der Waals surface area contributed by atoms with Gasteiger partial charge in [-0.2, -0.15) is 0 Å². The number of hydrogen-bond donors (Lipinski definition) is 0. The monoisotopic (exact) mass is 366 g/mol. The fourth-order valence-electron chi connectivity index (χ4n) is 1.83. The van der Waals surface area contributed by atoms with E-state index in [4.69, 9.17) is 0 Å². The van der Waals surface area contributed by atoms with Crippen molar-refractivity contribution in [3.8, 4) is 0 Å². The highest BCUT2D eigenvalue weighted by molar-refractivity contribution is 9.12. The minimum atomic E-state index is 0.188. The molecular formula is C12H16Br2OS. The Morgan fingerprint density at radius 2 is 1.88 bits per heavy atom. The van der Waals surface area contributed by atoms with Crippen LogP contribution in [0.25, 0.3) is 0 Å². The predicted octanol–water partition coefficient (Wildman–Crippen LogP) is 5.67. The van der Waals surface area contributed by atoms with E-state index in [9.17, 15) is 4.79 Å². The van der Waals surface area contributed by atoms with Crippen LogP contribution in [-0.2, 0) is 0 Å². The minimum absolute atomic E-state index is 0.188. The Morgan fingerprint density at radius 3 is 2.25 bits per heavy atom. The number of ketones is 1. The zero-order valence-electron chi connectivity index (χ0n) is 9.56. The van der Waals surface area contributed by atoms with Gasteiger partial charge >= 0.3 is 0 Å². The first-order chi connectivity index (χ1) is 7.60. The van der Waals surface area contributed by atoms with Gasteiger partial charge in [0.2, 0.25) is 0 Å². The van der Waals surface area contributed by atoms with Gasteiger partial charge in [-0.1, -0.05) is 26.7 Å². The number of carbonyl (C=O) groups excluding carboxylic acids is 1. The van der Waals surface area contributed by atoms with E-state index in [1.165, 1.54) is 0 Å². The van der Waals surface area contributed by atoms with E-state index >= 15 is 0 Å². The van der Waals surface area contributed by atoms with Crippen LogP contribution in [0.3, 0.4) is 0 Å². The van der Waals surface area contributed by atoms with E-state index in [-0.39, 0.29) is 11.7 Å². The van der Waals surface area contributed by atoms with Gasteiger partial charge in [0, 0.05) is 11.5 Å². The van der Waals surface area contributed by atoms with E-state index in [0.717, 1.165) is 38.8 Å². The molecule has 4 heteroatoms. The molecule has 0 fully saturated rings. The molecule has 1 aromatic rings. The van der Waals surface area contributed by atoms with E-state index in [2.05, 4.69) is 45.7 Å².